The predicted octanol–water partition coefficient (Wildman–Crippen LogP) is 1.45. The molecule has 0 aliphatic rings. The average Bonchev–Trinajstić information content (AvgIpc) is 1.96. The van der Waals surface area contributed by atoms with Gasteiger partial charge in [0.15, 0.2) is 5.15 Å². The number of pyridine rings is 1. The van der Waals surface area contributed by atoms with E-state index in [0.717, 1.165) is 5.56 Å². The quantitative estimate of drug-likeness (QED) is 0.708. The van der Waals surface area contributed by atoms with Crippen molar-refractivity contribution in [1.29, 1.82) is 0 Å². The molecule has 0 aliphatic carbocycles. The number of aromatic nitrogens is 1. The van der Waals surface area contributed by atoms with Gasteiger partial charge in [0.05, 0.1) is 5.69 Å². The number of Topliss-reactive ketones (excluding diaryl/α,β-unsaturated/α-hetero) is 1. The van der Waals surface area contributed by atoms with Gasteiger partial charge in [0.2, 0.25) is 0 Å². The second kappa shape index (κ2) is 3.54. The van der Waals surface area contributed by atoms with Gasteiger partial charge in [0.1, 0.15) is 5.78 Å². The molecule has 12 heavy (non-hydrogen) atoms. The van der Waals surface area contributed by atoms with Crippen molar-refractivity contribution in [1.82, 2.24) is 4.98 Å². The maximum absolute atomic E-state index is 10.7. The lowest BCUT2D eigenvalue weighted by Crippen LogP contribution is -1.99. The smallest absolute Gasteiger partial charge is 0.151 e. The summed E-state index contributed by atoms with van der Waals surface area (Å²) in [6.07, 6.45) is 1.91. The Morgan fingerprint density at radius 3 is 2.92 bits per heavy atom. The fraction of sp³-hybridized carbons (Fsp3) is 0.250. The Balaban J connectivity index is 2.89. The summed E-state index contributed by atoms with van der Waals surface area (Å²) in [6.45, 7) is 1.52. The highest BCUT2D eigenvalue weighted by Crippen LogP contribution is 2.16. The molecule has 0 fully saturated rings. The zero-order chi connectivity index (χ0) is 9.14. The number of carbonyl (C=O) groups is 1. The molecular formula is C8H9ClN2O. The second-order valence-corrected chi connectivity index (χ2v) is 2.96. The van der Waals surface area contributed by atoms with E-state index in [0.29, 0.717) is 12.1 Å². The largest absolute Gasteiger partial charge is 0.396 e. The fourth-order valence-electron chi connectivity index (χ4n) is 0.895. The monoisotopic (exact) mass is 184 g/mol. The van der Waals surface area contributed by atoms with Gasteiger partial charge >= 0.3 is 0 Å². The molecule has 0 spiro atoms. The van der Waals surface area contributed by atoms with Crippen LogP contribution >= 0.6 is 11.6 Å². The van der Waals surface area contributed by atoms with Crippen molar-refractivity contribution in [2.45, 2.75) is 13.3 Å². The third-order valence-corrected chi connectivity index (χ3v) is 1.69. The molecule has 0 saturated carbocycles. The van der Waals surface area contributed by atoms with E-state index < -0.39 is 0 Å². The molecule has 4 heteroatoms. The molecule has 0 amide bonds. The Morgan fingerprint density at radius 1 is 1.75 bits per heavy atom. The number of anilines is 1. The van der Waals surface area contributed by atoms with Crippen LogP contribution in [0, 0.1) is 0 Å². The lowest BCUT2D eigenvalue weighted by Gasteiger charge is -1.99. The molecule has 0 bridgehead atoms. The summed E-state index contributed by atoms with van der Waals surface area (Å²) in [7, 11) is 0. The number of hydrogen-bond donors (Lipinski definition) is 1. The van der Waals surface area contributed by atoms with Crippen molar-refractivity contribution in [3.05, 3.63) is 23.0 Å². The topological polar surface area (TPSA) is 56.0 Å². The summed E-state index contributed by atoms with van der Waals surface area (Å²) in [5, 5.41) is 0.280. The molecule has 64 valence electrons. The lowest BCUT2D eigenvalue weighted by atomic mass is 10.1. The highest BCUT2D eigenvalue weighted by molar-refractivity contribution is 6.31. The van der Waals surface area contributed by atoms with Crippen molar-refractivity contribution in [2.24, 2.45) is 0 Å². The fourth-order valence-corrected chi connectivity index (χ4v) is 0.998. The third kappa shape index (κ3) is 2.20. The number of halogens is 1. The van der Waals surface area contributed by atoms with Crippen molar-refractivity contribution in [2.75, 3.05) is 5.73 Å². The van der Waals surface area contributed by atoms with Crippen LogP contribution in [0.15, 0.2) is 12.3 Å². The van der Waals surface area contributed by atoms with Crippen LogP contribution in [0.3, 0.4) is 0 Å². The first-order valence-electron chi connectivity index (χ1n) is 3.49. The molecule has 2 N–H and O–H groups in total. The SMILES string of the molecule is CC(=O)Cc1cnc(Cl)c(N)c1. The highest BCUT2D eigenvalue weighted by Gasteiger charge is 2.01. The Hall–Kier alpha value is -1.09. The van der Waals surface area contributed by atoms with Gasteiger partial charge in [-0.1, -0.05) is 11.6 Å². The van der Waals surface area contributed by atoms with Crippen molar-refractivity contribution >= 4 is 23.1 Å². The molecule has 0 unspecified atom stereocenters. The Kier molecular flexibility index (Phi) is 2.65. The van der Waals surface area contributed by atoms with Gasteiger partial charge in [0, 0.05) is 12.6 Å². The van der Waals surface area contributed by atoms with E-state index in [-0.39, 0.29) is 10.9 Å². The minimum Gasteiger partial charge on any atom is -0.396 e. The summed E-state index contributed by atoms with van der Waals surface area (Å²) < 4.78 is 0. The van der Waals surface area contributed by atoms with Crippen molar-refractivity contribution < 1.29 is 4.79 Å². The number of rotatable bonds is 2. The molecular weight excluding hydrogens is 176 g/mol. The predicted molar refractivity (Wildman–Crippen MR) is 48.0 cm³/mol. The molecule has 0 aromatic carbocycles. The van der Waals surface area contributed by atoms with Crippen LogP contribution in [0.25, 0.3) is 0 Å². The van der Waals surface area contributed by atoms with Crippen molar-refractivity contribution in [3.8, 4) is 0 Å². The highest BCUT2D eigenvalue weighted by atomic mass is 35.5. The standard InChI is InChI=1S/C8H9ClN2O/c1-5(12)2-6-3-7(10)8(9)11-4-6/h3-4H,2,10H2,1H3. The van der Waals surface area contributed by atoms with Crippen LogP contribution < -0.4 is 5.73 Å². The average molecular weight is 185 g/mol. The number of nitrogen functional groups attached to an aromatic ring is 1. The summed E-state index contributed by atoms with van der Waals surface area (Å²) in [6, 6.07) is 1.66. The van der Waals surface area contributed by atoms with Crippen LogP contribution in [0.5, 0.6) is 0 Å². The zero-order valence-corrected chi connectivity index (χ0v) is 7.43. The molecule has 1 aromatic heterocycles. The van der Waals surface area contributed by atoms with Crippen molar-refractivity contribution in [3.63, 3.8) is 0 Å². The molecule has 1 heterocycles. The van der Waals surface area contributed by atoms with E-state index in [9.17, 15) is 4.79 Å². The van der Waals surface area contributed by atoms with E-state index in [2.05, 4.69) is 4.98 Å². The normalized spacial score (nSPS) is 9.83. The van der Waals surface area contributed by atoms with Gasteiger partial charge < -0.3 is 5.73 Å². The number of carbonyl (C=O) groups excluding carboxylic acids is 1. The molecule has 0 radical (unpaired) electrons. The van der Waals surface area contributed by atoms with E-state index >= 15 is 0 Å². The van der Waals surface area contributed by atoms with Crippen LogP contribution in [0.4, 0.5) is 5.69 Å². The van der Waals surface area contributed by atoms with E-state index in [4.69, 9.17) is 17.3 Å². The van der Waals surface area contributed by atoms with Gasteiger partial charge in [-0.05, 0) is 18.6 Å². The van der Waals surface area contributed by atoms with Gasteiger partial charge in [-0.15, -0.1) is 0 Å². The van der Waals surface area contributed by atoms with E-state index in [1.54, 1.807) is 12.3 Å². The number of nitrogens with two attached hydrogens (primary N) is 1. The first-order valence-corrected chi connectivity index (χ1v) is 3.86. The Bertz CT molecular complexity index is 312. The first kappa shape index (κ1) is 9.00. The van der Waals surface area contributed by atoms with Crippen LogP contribution in [0.1, 0.15) is 12.5 Å². The molecule has 0 aliphatic heterocycles. The maximum Gasteiger partial charge on any atom is 0.151 e. The lowest BCUT2D eigenvalue weighted by molar-refractivity contribution is -0.116. The molecule has 3 nitrogen and oxygen atoms in total. The zero-order valence-electron chi connectivity index (χ0n) is 6.67. The van der Waals surface area contributed by atoms with Gasteiger partial charge in [-0.2, -0.15) is 0 Å². The molecule has 0 saturated heterocycles. The van der Waals surface area contributed by atoms with Gasteiger partial charge in [0.25, 0.3) is 0 Å². The summed E-state index contributed by atoms with van der Waals surface area (Å²) in [4.78, 5) is 14.5. The van der Waals surface area contributed by atoms with Gasteiger partial charge in [-0.25, -0.2) is 4.98 Å². The maximum atomic E-state index is 10.7. The number of ketones is 1. The third-order valence-electron chi connectivity index (χ3n) is 1.38. The minimum atomic E-state index is 0.0820. The summed E-state index contributed by atoms with van der Waals surface area (Å²) in [5.74, 6) is 0.0820. The summed E-state index contributed by atoms with van der Waals surface area (Å²) >= 11 is 5.60. The number of nitrogens with zero attached hydrogens (tertiary/aromatic N) is 1. The van der Waals surface area contributed by atoms with Gasteiger partial charge in [-0.3, -0.25) is 4.79 Å². The molecule has 0 atom stereocenters. The number of hydrogen-bond acceptors (Lipinski definition) is 3. The second-order valence-electron chi connectivity index (χ2n) is 2.60. The van der Waals surface area contributed by atoms with Crippen LogP contribution in [0.2, 0.25) is 5.15 Å². The van der Waals surface area contributed by atoms with E-state index in [1.807, 2.05) is 0 Å². The van der Waals surface area contributed by atoms with E-state index in [1.165, 1.54) is 6.92 Å². The Labute approximate surface area is 75.6 Å². The molecule has 1 rings (SSSR count). The minimum absolute atomic E-state index is 0.0820. The summed E-state index contributed by atoms with van der Waals surface area (Å²) in [5.41, 5.74) is 6.70. The van der Waals surface area contributed by atoms with Crippen LogP contribution in [-0.4, -0.2) is 10.8 Å². The molecule has 1 aromatic rings. The van der Waals surface area contributed by atoms with Crippen LogP contribution in [-0.2, 0) is 11.2 Å². The Morgan fingerprint density at radius 2 is 2.42 bits per heavy atom. The first-order chi connectivity index (χ1) is 5.59.